The Morgan fingerprint density at radius 1 is 1.27 bits per heavy atom. The Morgan fingerprint density at radius 3 is 2.67 bits per heavy atom. The van der Waals surface area contributed by atoms with Crippen LogP contribution < -0.4 is 5.73 Å². The number of rotatable bonds is 2. The number of benzene rings is 1. The fraction of sp³-hybridized carbons (Fsp3) is 0.111. The molecule has 2 aromatic rings. The van der Waals surface area contributed by atoms with Crippen LogP contribution in [-0.4, -0.2) is 10.1 Å². The average Bonchev–Trinajstić information content (AvgIpc) is 2.58. The molecule has 0 aliphatic carbocycles. The van der Waals surface area contributed by atoms with Crippen molar-refractivity contribution < 1.29 is 13.3 Å². The fourth-order valence-electron chi connectivity index (χ4n) is 1.16. The number of halogens is 2. The first-order chi connectivity index (χ1) is 7.15. The Morgan fingerprint density at radius 2 is 2.07 bits per heavy atom. The van der Waals surface area contributed by atoms with Gasteiger partial charge in [-0.3, -0.25) is 0 Å². The first-order valence-corrected chi connectivity index (χ1v) is 4.17. The largest absolute Gasteiger partial charge is 0.365 e. The van der Waals surface area contributed by atoms with E-state index in [1.54, 1.807) is 0 Å². The molecular formula is C9H7F2N3O. The van der Waals surface area contributed by atoms with Crippen LogP contribution in [0.3, 0.4) is 0 Å². The number of anilines is 1. The van der Waals surface area contributed by atoms with Crippen LogP contribution in [0.2, 0.25) is 0 Å². The van der Waals surface area contributed by atoms with E-state index in [-0.39, 0.29) is 18.3 Å². The molecule has 0 radical (unpaired) electrons. The van der Waals surface area contributed by atoms with Crippen molar-refractivity contribution in [3.05, 3.63) is 41.3 Å². The third kappa shape index (κ3) is 2.09. The van der Waals surface area contributed by atoms with Crippen molar-refractivity contribution in [3.8, 4) is 0 Å². The van der Waals surface area contributed by atoms with Gasteiger partial charge >= 0.3 is 0 Å². The highest BCUT2D eigenvalue weighted by molar-refractivity contribution is 5.21. The van der Waals surface area contributed by atoms with E-state index in [1.807, 2.05) is 0 Å². The van der Waals surface area contributed by atoms with E-state index in [1.165, 1.54) is 6.07 Å². The number of nitrogen functional groups attached to an aromatic ring is 1. The zero-order valence-corrected chi connectivity index (χ0v) is 7.58. The minimum absolute atomic E-state index is 0.0209. The predicted molar refractivity (Wildman–Crippen MR) is 47.9 cm³/mol. The highest BCUT2D eigenvalue weighted by Crippen LogP contribution is 2.12. The van der Waals surface area contributed by atoms with E-state index >= 15 is 0 Å². The van der Waals surface area contributed by atoms with Crippen molar-refractivity contribution in [1.82, 2.24) is 10.1 Å². The SMILES string of the molecule is Nc1noc(Cc2ccc(F)c(F)c2)n1. The quantitative estimate of drug-likeness (QED) is 0.817. The molecule has 1 heterocycles. The second kappa shape index (κ2) is 3.64. The Bertz CT molecular complexity index is 484. The van der Waals surface area contributed by atoms with Gasteiger partial charge < -0.3 is 10.3 Å². The highest BCUT2D eigenvalue weighted by atomic mass is 19.2. The molecule has 2 rings (SSSR count). The van der Waals surface area contributed by atoms with Gasteiger partial charge in [0.15, 0.2) is 11.6 Å². The van der Waals surface area contributed by atoms with Crippen molar-refractivity contribution in [2.75, 3.05) is 5.73 Å². The summed E-state index contributed by atoms with van der Waals surface area (Å²) in [5.41, 5.74) is 5.78. The summed E-state index contributed by atoms with van der Waals surface area (Å²) in [7, 11) is 0. The van der Waals surface area contributed by atoms with Gasteiger partial charge in [-0.05, 0) is 22.9 Å². The summed E-state index contributed by atoms with van der Waals surface area (Å²) < 4.78 is 30.2. The van der Waals surface area contributed by atoms with E-state index < -0.39 is 11.6 Å². The van der Waals surface area contributed by atoms with Gasteiger partial charge in [-0.1, -0.05) is 6.07 Å². The normalized spacial score (nSPS) is 10.5. The molecular weight excluding hydrogens is 204 g/mol. The second-order valence-electron chi connectivity index (χ2n) is 2.97. The van der Waals surface area contributed by atoms with Crippen molar-refractivity contribution >= 4 is 5.95 Å². The Balaban J connectivity index is 2.21. The lowest BCUT2D eigenvalue weighted by atomic mass is 10.1. The first-order valence-electron chi connectivity index (χ1n) is 4.17. The van der Waals surface area contributed by atoms with Crippen molar-refractivity contribution in [2.24, 2.45) is 0 Å². The van der Waals surface area contributed by atoms with Gasteiger partial charge in [0, 0.05) is 0 Å². The van der Waals surface area contributed by atoms with E-state index in [2.05, 4.69) is 10.1 Å². The zero-order valence-electron chi connectivity index (χ0n) is 7.58. The molecule has 0 aliphatic rings. The van der Waals surface area contributed by atoms with Crippen molar-refractivity contribution in [1.29, 1.82) is 0 Å². The molecule has 0 saturated carbocycles. The van der Waals surface area contributed by atoms with Crippen LogP contribution in [-0.2, 0) is 6.42 Å². The maximum atomic E-state index is 12.8. The molecule has 0 unspecified atom stereocenters. The minimum Gasteiger partial charge on any atom is -0.365 e. The summed E-state index contributed by atoms with van der Waals surface area (Å²) >= 11 is 0. The van der Waals surface area contributed by atoms with Crippen LogP contribution in [0.5, 0.6) is 0 Å². The number of aromatic nitrogens is 2. The molecule has 0 spiro atoms. The average molecular weight is 211 g/mol. The monoisotopic (exact) mass is 211 g/mol. The molecule has 0 amide bonds. The number of nitrogens with zero attached hydrogens (tertiary/aromatic N) is 2. The maximum absolute atomic E-state index is 12.8. The minimum atomic E-state index is -0.903. The van der Waals surface area contributed by atoms with Crippen LogP contribution in [0.25, 0.3) is 0 Å². The topological polar surface area (TPSA) is 64.9 Å². The van der Waals surface area contributed by atoms with Crippen LogP contribution in [0.4, 0.5) is 14.7 Å². The molecule has 0 aliphatic heterocycles. The third-order valence-electron chi connectivity index (χ3n) is 1.82. The number of hydrogen-bond donors (Lipinski definition) is 1. The molecule has 78 valence electrons. The van der Waals surface area contributed by atoms with Crippen LogP contribution in [0.15, 0.2) is 22.7 Å². The molecule has 2 N–H and O–H groups in total. The molecule has 6 heteroatoms. The van der Waals surface area contributed by atoms with Crippen LogP contribution in [0.1, 0.15) is 11.5 Å². The van der Waals surface area contributed by atoms with Gasteiger partial charge in [0.25, 0.3) is 5.95 Å². The molecule has 1 aromatic heterocycles. The molecule has 0 bridgehead atoms. The summed E-state index contributed by atoms with van der Waals surface area (Å²) in [5, 5.41) is 3.38. The van der Waals surface area contributed by atoms with Crippen molar-refractivity contribution in [2.45, 2.75) is 6.42 Å². The van der Waals surface area contributed by atoms with Gasteiger partial charge in [0.1, 0.15) is 0 Å². The standard InChI is InChI=1S/C9H7F2N3O/c10-6-2-1-5(3-7(6)11)4-8-13-9(12)14-15-8/h1-3H,4H2,(H2,12,14). The van der Waals surface area contributed by atoms with E-state index in [9.17, 15) is 8.78 Å². The Labute approximate surface area is 83.7 Å². The Hall–Kier alpha value is -1.98. The van der Waals surface area contributed by atoms with Crippen LogP contribution >= 0.6 is 0 Å². The van der Waals surface area contributed by atoms with E-state index in [0.717, 1.165) is 12.1 Å². The summed E-state index contributed by atoms with van der Waals surface area (Å²) in [5.74, 6) is -1.50. The predicted octanol–water partition coefficient (Wildman–Crippen LogP) is 1.52. The van der Waals surface area contributed by atoms with Gasteiger partial charge in [-0.25, -0.2) is 8.78 Å². The summed E-state index contributed by atoms with van der Waals surface area (Å²) in [6.07, 6.45) is 0.224. The Kier molecular flexibility index (Phi) is 2.32. The number of nitrogens with two attached hydrogens (primary N) is 1. The third-order valence-corrected chi connectivity index (χ3v) is 1.82. The zero-order chi connectivity index (χ0) is 10.8. The summed E-state index contributed by atoms with van der Waals surface area (Å²) in [4.78, 5) is 3.74. The van der Waals surface area contributed by atoms with Crippen LogP contribution in [0, 0.1) is 11.6 Å². The summed E-state index contributed by atoms with van der Waals surface area (Å²) in [6, 6.07) is 3.57. The van der Waals surface area contributed by atoms with Crippen molar-refractivity contribution in [3.63, 3.8) is 0 Å². The smallest absolute Gasteiger partial charge is 0.260 e. The molecule has 0 atom stereocenters. The fourth-order valence-corrected chi connectivity index (χ4v) is 1.16. The van der Waals surface area contributed by atoms with Gasteiger partial charge in [-0.2, -0.15) is 4.98 Å². The van der Waals surface area contributed by atoms with E-state index in [4.69, 9.17) is 10.3 Å². The lowest BCUT2D eigenvalue weighted by Crippen LogP contribution is -1.92. The van der Waals surface area contributed by atoms with Gasteiger partial charge in [0.05, 0.1) is 6.42 Å². The lowest BCUT2D eigenvalue weighted by molar-refractivity contribution is 0.386. The molecule has 1 aromatic carbocycles. The molecule has 0 fully saturated rings. The maximum Gasteiger partial charge on any atom is 0.260 e. The molecule has 0 saturated heterocycles. The summed E-state index contributed by atoms with van der Waals surface area (Å²) in [6.45, 7) is 0. The number of hydrogen-bond acceptors (Lipinski definition) is 4. The van der Waals surface area contributed by atoms with Gasteiger partial charge in [0.2, 0.25) is 5.89 Å². The lowest BCUT2D eigenvalue weighted by Gasteiger charge is -1.97. The molecule has 4 nitrogen and oxygen atoms in total. The second-order valence-corrected chi connectivity index (χ2v) is 2.97. The molecule has 15 heavy (non-hydrogen) atoms. The van der Waals surface area contributed by atoms with Gasteiger partial charge in [-0.15, -0.1) is 0 Å². The highest BCUT2D eigenvalue weighted by Gasteiger charge is 2.07. The first kappa shape index (κ1) is 9.57. The van der Waals surface area contributed by atoms with E-state index in [0.29, 0.717) is 5.56 Å².